The highest BCUT2D eigenvalue weighted by molar-refractivity contribution is 6.01. The Kier molecular flexibility index (Phi) is 5.31. The molecule has 4 rings (SSSR count). The minimum Gasteiger partial charge on any atom is -0.373 e. The van der Waals surface area contributed by atoms with Gasteiger partial charge in [-0.3, -0.25) is 9.59 Å². The Morgan fingerprint density at radius 1 is 1.29 bits per heavy atom. The second-order valence-corrected chi connectivity index (χ2v) is 7.75. The smallest absolute Gasteiger partial charge is 0.268 e. The topological polar surface area (TPSA) is 60.3 Å². The molecule has 1 fully saturated rings. The van der Waals surface area contributed by atoms with Crippen molar-refractivity contribution in [1.82, 2.24) is 9.88 Å². The summed E-state index contributed by atoms with van der Waals surface area (Å²) >= 11 is 0. The molecule has 28 heavy (non-hydrogen) atoms. The average molecular weight is 384 g/mol. The molecule has 1 aliphatic carbocycles. The van der Waals surface area contributed by atoms with Crippen molar-refractivity contribution in [3.8, 4) is 0 Å². The van der Waals surface area contributed by atoms with Gasteiger partial charge in [0.05, 0.1) is 24.9 Å². The van der Waals surface area contributed by atoms with Gasteiger partial charge in [-0.1, -0.05) is 25.0 Å². The second-order valence-electron chi connectivity index (χ2n) is 7.75. The first-order valence-electron chi connectivity index (χ1n) is 9.92. The number of halogens is 1. The van der Waals surface area contributed by atoms with Crippen molar-refractivity contribution in [2.45, 2.75) is 51.8 Å². The highest BCUT2D eigenvalue weighted by Gasteiger charge is 2.28. The van der Waals surface area contributed by atoms with E-state index in [1.165, 1.54) is 25.0 Å². The van der Waals surface area contributed by atoms with E-state index in [9.17, 15) is 14.0 Å². The van der Waals surface area contributed by atoms with E-state index in [4.69, 9.17) is 4.74 Å². The van der Waals surface area contributed by atoms with Crippen LogP contribution in [0.5, 0.6) is 0 Å². The second kappa shape index (κ2) is 7.87. The number of ether oxygens (including phenoxy) is 1. The minimum atomic E-state index is -0.308. The fourth-order valence-electron chi connectivity index (χ4n) is 3.74. The molecule has 0 unspecified atom stereocenters. The molecule has 1 saturated carbocycles. The van der Waals surface area contributed by atoms with Crippen molar-refractivity contribution < 1.29 is 18.7 Å². The highest BCUT2D eigenvalue weighted by atomic mass is 19.1. The molecule has 5 nitrogen and oxygen atoms in total. The van der Waals surface area contributed by atoms with Gasteiger partial charge in [-0.05, 0) is 43.0 Å². The van der Waals surface area contributed by atoms with Crippen LogP contribution in [-0.2, 0) is 17.9 Å². The van der Waals surface area contributed by atoms with Gasteiger partial charge in [-0.2, -0.15) is 0 Å². The fraction of sp³-hybridized carbons (Fsp3) is 0.455. The van der Waals surface area contributed by atoms with Gasteiger partial charge in [0.1, 0.15) is 11.5 Å². The predicted octanol–water partition coefficient (Wildman–Crippen LogP) is 4.02. The van der Waals surface area contributed by atoms with Crippen LogP contribution < -0.4 is 5.32 Å². The third-order valence-electron chi connectivity index (χ3n) is 5.63. The largest absolute Gasteiger partial charge is 0.373 e. The summed E-state index contributed by atoms with van der Waals surface area (Å²) in [5.74, 6) is 0.239. The van der Waals surface area contributed by atoms with Crippen LogP contribution in [0.1, 0.15) is 70.8 Å². The monoisotopic (exact) mass is 384 g/mol. The van der Waals surface area contributed by atoms with Gasteiger partial charge in [-0.15, -0.1) is 0 Å². The van der Waals surface area contributed by atoms with E-state index in [0.29, 0.717) is 43.4 Å². The van der Waals surface area contributed by atoms with Gasteiger partial charge < -0.3 is 14.6 Å². The molecule has 1 aromatic carbocycles. The number of hydrogen-bond acceptors (Lipinski definition) is 3. The number of rotatable bonds is 7. The quantitative estimate of drug-likeness (QED) is 0.734. The predicted molar refractivity (Wildman–Crippen MR) is 103 cm³/mol. The number of hydrogen-bond donors (Lipinski definition) is 1. The Morgan fingerprint density at radius 3 is 2.75 bits per heavy atom. The van der Waals surface area contributed by atoms with E-state index in [2.05, 4.69) is 5.32 Å². The van der Waals surface area contributed by atoms with Gasteiger partial charge in [0.15, 0.2) is 5.78 Å². The normalized spacial score (nSPS) is 17.1. The molecule has 2 aliphatic rings. The zero-order chi connectivity index (χ0) is 19.7. The highest BCUT2D eigenvalue weighted by Crippen LogP contribution is 2.34. The summed E-state index contributed by atoms with van der Waals surface area (Å²) in [7, 11) is 0. The maximum absolute atomic E-state index is 13.1. The molecule has 0 radical (unpaired) electrons. The van der Waals surface area contributed by atoms with Crippen LogP contribution in [0.3, 0.4) is 0 Å². The van der Waals surface area contributed by atoms with Gasteiger partial charge in [0, 0.05) is 18.5 Å². The molecular weight excluding hydrogens is 359 g/mol. The maximum atomic E-state index is 13.1. The molecule has 1 aliphatic heterocycles. The van der Waals surface area contributed by atoms with Crippen molar-refractivity contribution in [1.29, 1.82) is 0 Å². The van der Waals surface area contributed by atoms with Crippen molar-refractivity contribution >= 4 is 11.7 Å². The molecule has 1 atom stereocenters. The number of Topliss-reactive ketones (excluding diaryl/α,β-unsaturated/α-hetero) is 1. The first-order valence-corrected chi connectivity index (χ1v) is 9.92. The van der Waals surface area contributed by atoms with Crippen molar-refractivity contribution in [3.05, 3.63) is 58.7 Å². The number of aromatic nitrogens is 1. The van der Waals surface area contributed by atoms with Crippen LogP contribution in [0, 0.1) is 11.7 Å². The lowest BCUT2D eigenvalue weighted by Crippen LogP contribution is -2.30. The lowest BCUT2D eigenvalue weighted by molar-refractivity contribution is 0.0780. The number of nitrogens with zero attached hydrogens (tertiary/aromatic N) is 1. The van der Waals surface area contributed by atoms with Crippen LogP contribution in [0.2, 0.25) is 0 Å². The number of carbonyl (C=O) groups excluding carboxylic acids is 2. The lowest BCUT2D eigenvalue weighted by atomic mass is 10.0. The Morgan fingerprint density at radius 2 is 2.04 bits per heavy atom. The molecule has 2 heterocycles. The van der Waals surface area contributed by atoms with E-state index in [-0.39, 0.29) is 23.5 Å². The molecule has 1 amide bonds. The SMILES string of the molecule is C[C@@H](NC(=O)c1cc(C(=O)CCC2CC2)c2n1CCOC2)c1ccc(F)cc1. The summed E-state index contributed by atoms with van der Waals surface area (Å²) in [4.78, 5) is 25.6. The summed E-state index contributed by atoms with van der Waals surface area (Å²) < 4.78 is 20.6. The molecule has 1 aromatic heterocycles. The molecule has 0 spiro atoms. The third kappa shape index (κ3) is 4.02. The van der Waals surface area contributed by atoms with Crippen molar-refractivity contribution in [3.63, 3.8) is 0 Å². The summed E-state index contributed by atoms with van der Waals surface area (Å²) in [6.07, 6.45) is 3.89. The molecule has 0 bridgehead atoms. The number of nitrogens with one attached hydrogen (secondary N) is 1. The number of ketones is 1. The van der Waals surface area contributed by atoms with E-state index < -0.39 is 0 Å². The summed E-state index contributed by atoms with van der Waals surface area (Å²) in [5.41, 5.74) is 2.72. The Hall–Kier alpha value is -2.47. The zero-order valence-electron chi connectivity index (χ0n) is 16.0. The number of benzene rings is 1. The Balaban J connectivity index is 1.53. The van der Waals surface area contributed by atoms with E-state index >= 15 is 0 Å². The molecule has 148 valence electrons. The number of amides is 1. The Bertz CT molecular complexity index is 884. The summed E-state index contributed by atoms with van der Waals surface area (Å²) in [6, 6.07) is 7.53. The van der Waals surface area contributed by atoms with Gasteiger partial charge >= 0.3 is 0 Å². The first kappa shape index (κ1) is 18.9. The standard InChI is InChI=1S/C22H25FN2O3/c1-14(16-5-7-17(23)8-6-16)24-22(27)19-12-18(20-13-28-11-10-25(19)20)21(26)9-4-15-2-3-15/h5-8,12,14-15H,2-4,9-11,13H2,1H3,(H,24,27)/t14-/m1/s1. The van der Waals surface area contributed by atoms with Gasteiger partial charge in [0.2, 0.25) is 0 Å². The van der Waals surface area contributed by atoms with Crippen molar-refractivity contribution in [2.24, 2.45) is 5.92 Å². The minimum absolute atomic E-state index is 0.0896. The van der Waals surface area contributed by atoms with Crippen molar-refractivity contribution in [2.75, 3.05) is 6.61 Å². The molecule has 2 aromatic rings. The molecular formula is C22H25FN2O3. The van der Waals surface area contributed by atoms with Crippen LogP contribution in [0.25, 0.3) is 0 Å². The van der Waals surface area contributed by atoms with Crippen LogP contribution >= 0.6 is 0 Å². The summed E-state index contributed by atoms with van der Waals surface area (Å²) in [5, 5.41) is 2.96. The fourth-order valence-corrected chi connectivity index (χ4v) is 3.74. The summed E-state index contributed by atoms with van der Waals surface area (Å²) in [6.45, 7) is 3.28. The molecule has 0 saturated heterocycles. The zero-order valence-corrected chi connectivity index (χ0v) is 16.0. The van der Waals surface area contributed by atoms with E-state index in [1.807, 2.05) is 11.5 Å². The number of carbonyl (C=O) groups is 2. The van der Waals surface area contributed by atoms with E-state index in [0.717, 1.165) is 17.7 Å². The average Bonchev–Trinajstić information content (AvgIpc) is 3.44. The maximum Gasteiger partial charge on any atom is 0.268 e. The third-order valence-corrected chi connectivity index (χ3v) is 5.63. The lowest BCUT2D eigenvalue weighted by Gasteiger charge is -2.20. The van der Waals surface area contributed by atoms with Gasteiger partial charge in [-0.25, -0.2) is 4.39 Å². The molecule has 6 heteroatoms. The van der Waals surface area contributed by atoms with Gasteiger partial charge in [0.25, 0.3) is 5.91 Å². The Labute approximate surface area is 163 Å². The van der Waals surface area contributed by atoms with Crippen LogP contribution in [-0.4, -0.2) is 22.9 Å². The first-order chi connectivity index (χ1) is 13.5. The van der Waals surface area contributed by atoms with Crippen LogP contribution in [0.15, 0.2) is 30.3 Å². The van der Waals surface area contributed by atoms with E-state index in [1.54, 1.807) is 18.2 Å². The molecule has 1 N–H and O–H groups in total. The number of fused-ring (bicyclic) bond motifs is 1. The van der Waals surface area contributed by atoms with Crippen LogP contribution in [0.4, 0.5) is 4.39 Å².